The molecule has 0 saturated carbocycles. The highest BCUT2D eigenvalue weighted by Gasteiger charge is 2.02. The molecule has 84 valence electrons. The number of hydrogen-bond acceptors (Lipinski definition) is 4. The monoisotopic (exact) mass is 212 g/mol. The third kappa shape index (κ3) is 5.17. The molecule has 1 aromatic rings. The normalized spacial score (nSPS) is 10.2. The number of carbonyl (C=O) groups is 1. The van der Waals surface area contributed by atoms with Gasteiger partial charge in [0.15, 0.2) is 0 Å². The van der Waals surface area contributed by atoms with Gasteiger partial charge < -0.3 is 14.4 Å². The summed E-state index contributed by atoms with van der Waals surface area (Å²) in [6.07, 6.45) is 6.89. The first kappa shape index (κ1) is 11.7. The average Bonchev–Trinajstić information content (AvgIpc) is 2.74. The van der Waals surface area contributed by atoms with Gasteiger partial charge in [0, 0.05) is 25.5 Å². The molecule has 0 fully saturated rings. The number of aliphatic hydroxyl groups excluding tert-OH is 1. The third-order valence-corrected chi connectivity index (χ3v) is 1.95. The van der Waals surface area contributed by atoms with Gasteiger partial charge in [-0.05, 0) is 12.8 Å². The van der Waals surface area contributed by atoms with Crippen molar-refractivity contribution < 1.29 is 14.6 Å². The Morgan fingerprint density at radius 3 is 3.00 bits per heavy atom. The van der Waals surface area contributed by atoms with Crippen molar-refractivity contribution in [2.75, 3.05) is 13.2 Å². The standard InChI is InChI=1S/C10H16N2O3/c13-7-1-2-8-15-10(14)3-5-12-6-4-11-9-12/h4,6,9,13H,1-3,5,7-8H2. The minimum Gasteiger partial charge on any atom is -0.466 e. The fourth-order valence-corrected chi connectivity index (χ4v) is 1.11. The van der Waals surface area contributed by atoms with Gasteiger partial charge in [0.25, 0.3) is 0 Å². The lowest BCUT2D eigenvalue weighted by molar-refractivity contribution is -0.144. The van der Waals surface area contributed by atoms with Gasteiger partial charge in [-0.1, -0.05) is 0 Å². The first-order valence-electron chi connectivity index (χ1n) is 5.05. The maximum absolute atomic E-state index is 11.2. The van der Waals surface area contributed by atoms with Gasteiger partial charge in [0.2, 0.25) is 0 Å². The zero-order valence-corrected chi connectivity index (χ0v) is 8.63. The van der Waals surface area contributed by atoms with E-state index in [9.17, 15) is 4.79 Å². The smallest absolute Gasteiger partial charge is 0.307 e. The van der Waals surface area contributed by atoms with Crippen molar-refractivity contribution in [3.63, 3.8) is 0 Å². The second-order valence-electron chi connectivity index (χ2n) is 3.20. The molecule has 0 unspecified atom stereocenters. The molecule has 0 saturated heterocycles. The Labute approximate surface area is 88.7 Å². The van der Waals surface area contributed by atoms with Crippen LogP contribution in [0, 0.1) is 0 Å². The molecule has 5 heteroatoms. The summed E-state index contributed by atoms with van der Waals surface area (Å²) in [5, 5.41) is 8.51. The van der Waals surface area contributed by atoms with Crippen LogP contribution in [0.1, 0.15) is 19.3 Å². The van der Waals surface area contributed by atoms with Crippen molar-refractivity contribution in [2.45, 2.75) is 25.8 Å². The van der Waals surface area contributed by atoms with Crippen LogP contribution in [0.4, 0.5) is 0 Å². The minimum atomic E-state index is -0.207. The van der Waals surface area contributed by atoms with Gasteiger partial charge >= 0.3 is 5.97 Å². The molecule has 5 nitrogen and oxygen atoms in total. The summed E-state index contributed by atoms with van der Waals surface area (Å²) >= 11 is 0. The van der Waals surface area contributed by atoms with E-state index in [0.717, 1.165) is 0 Å². The van der Waals surface area contributed by atoms with Crippen LogP contribution < -0.4 is 0 Å². The molecule has 1 aromatic heterocycles. The zero-order valence-electron chi connectivity index (χ0n) is 8.63. The minimum absolute atomic E-state index is 0.145. The van der Waals surface area contributed by atoms with Crippen molar-refractivity contribution in [3.05, 3.63) is 18.7 Å². The summed E-state index contributed by atoms with van der Waals surface area (Å²) in [5.41, 5.74) is 0. The van der Waals surface area contributed by atoms with E-state index >= 15 is 0 Å². The number of aryl methyl sites for hydroxylation is 1. The molecular formula is C10H16N2O3. The van der Waals surface area contributed by atoms with Crippen LogP contribution in [0.3, 0.4) is 0 Å². The Kier molecular flexibility index (Phi) is 5.47. The Morgan fingerprint density at radius 2 is 2.33 bits per heavy atom. The summed E-state index contributed by atoms with van der Waals surface area (Å²) in [5.74, 6) is -0.207. The summed E-state index contributed by atoms with van der Waals surface area (Å²) < 4.78 is 6.79. The van der Waals surface area contributed by atoms with Crippen LogP contribution in [0.5, 0.6) is 0 Å². The number of rotatable bonds is 7. The van der Waals surface area contributed by atoms with Crippen molar-refractivity contribution in [1.29, 1.82) is 0 Å². The van der Waals surface area contributed by atoms with Crippen LogP contribution in [-0.4, -0.2) is 33.8 Å². The van der Waals surface area contributed by atoms with E-state index < -0.39 is 0 Å². The van der Waals surface area contributed by atoms with E-state index in [1.807, 2.05) is 4.57 Å². The van der Waals surface area contributed by atoms with Gasteiger partial charge in [-0.3, -0.25) is 4.79 Å². The molecule has 0 amide bonds. The van der Waals surface area contributed by atoms with Crippen LogP contribution >= 0.6 is 0 Å². The van der Waals surface area contributed by atoms with Gasteiger partial charge in [-0.25, -0.2) is 4.98 Å². The van der Waals surface area contributed by atoms with Crippen molar-refractivity contribution in [2.24, 2.45) is 0 Å². The summed E-state index contributed by atoms with van der Waals surface area (Å²) in [7, 11) is 0. The highest BCUT2D eigenvalue weighted by atomic mass is 16.5. The first-order chi connectivity index (χ1) is 7.33. The molecule has 1 N–H and O–H groups in total. The molecular weight excluding hydrogens is 196 g/mol. The Hall–Kier alpha value is -1.36. The van der Waals surface area contributed by atoms with E-state index in [2.05, 4.69) is 4.98 Å². The first-order valence-corrected chi connectivity index (χ1v) is 5.05. The molecule has 0 aromatic carbocycles. The van der Waals surface area contributed by atoms with Crippen molar-refractivity contribution in [3.8, 4) is 0 Å². The number of imidazole rings is 1. The number of aromatic nitrogens is 2. The highest BCUT2D eigenvalue weighted by molar-refractivity contribution is 5.69. The van der Waals surface area contributed by atoms with Gasteiger partial charge in [-0.15, -0.1) is 0 Å². The second kappa shape index (κ2) is 7.00. The molecule has 0 aliphatic heterocycles. The fraction of sp³-hybridized carbons (Fsp3) is 0.600. The molecule has 0 atom stereocenters. The number of esters is 1. The lowest BCUT2D eigenvalue weighted by atomic mass is 10.3. The topological polar surface area (TPSA) is 64.4 Å². The van der Waals surface area contributed by atoms with Crippen LogP contribution in [-0.2, 0) is 16.1 Å². The molecule has 0 bridgehead atoms. The molecule has 1 heterocycles. The predicted octanol–water partition coefficient (Wildman–Crippen LogP) is 0.589. The molecule has 0 aliphatic carbocycles. The predicted molar refractivity (Wildman–Crippen MR) is 54.1 cm³/mol. The van der Waals surface area contributed by atoms with E-state index in [1.54, 1.807) is 18.7 Å². The molecule has 15 heavy (non-hydrogen) atoms. The van der Waals surface area contributed by atoms with E-state index in [0.29, 0.717) is 32.4 Å². The summed E-state index contributed by atoms with van der Waals surface area (Å²) in [6.45, 7) is 1.13. The number of hydrogen-bond donors (Lipinski definition) is 1. The van der Waals surface area contributed by atoms with Gasteiger partial charge in [-0.2, -0.15) is 0 Å². The van der Waals surface area contributed by atoms with Gasteiger partial charge in [0.05, 0.1) is 19.4 Å². The summed E-state index contributed by atoms with van der Waals surface area (Å²) in [6, 6.07) is 0. The quantitative estimate of drug-likeness (QED) is 0.530. The number of aliphatic hydroxyl groups is 1. The average molecular weight is 212 g/mol. The number of carbonyl (C=O) groups excluding carboxylic acids is 1. The van der Waals surface area contributed by atoms with Gasteiger partial charge in [0.1, 0.15) is 0 Å². The fourth-order valence-electron chi connectivity index (χ4n) is 1.11. The Morgan fingerprint density at radius 1 is 1.47 bits per heavy atom. The maximum atomic E-state index is 11.2. The second-order valence-corrected chi connectivity index (χ2v) is 3.20. The van der Waals surface area contributed by atoms with E-state index in [4.69, 9.17) is 9.84 Å². The number of ether oxygens (including phenoxy) is 1. The summed E-state index contributed by atoms with van der Waals surface area (Å²) in [4.78, 5) is 15.1. The Bertz CT molecular complexity index is 272. The lowest BCUT2D eigenvalue weighted by Gasteiger charge is -2.04. The van der Waals surface area contributed by atoms with Crippen LogP contribution in [0.2, 0.25) is 0 Å². The van der Waals surface area contributed by atoms with E-state index in [-0.39, 0.29) is 12.6 Å². The third-order valence-electron chi connectivity index (χ3n) is 1.95. The zero-order chi connectivity index (χ0) is 10.9. The van der Waals surface area contributed by atoms with Crippen molar-refractivity contribution >= 4 is 5.97 Å². The maximum Gasteiger partial charge on any atom is 0.307 e. The molecule has 0 spiro atoms. The Balaban J connectivity index is 2.04. The highest BCUT2D eigenvalue weighted by Crippen LogP contribution is 1.95. The molecule has 0 radical (unpaired) electrons. The van der Waals surface area contributed by atoms with Crippen LogP contribution in [0.15, 0.2) is 18.7 Å². The lowest BCUT2D eigenvalue weighted by Crippen LogP contribution is -2.09. The molecule has 0 aliphatic rings. The largest absolute Gasteiger partial charge is 0.466 e. The number of nitrogens with zero attached hydrogens (tertiary/aromatic N) is 2. The van der Waals surface area contributed by atoms with Crippen molar-refractivity contribution in [1.82, 2.24) is 9.55 Å². The van der Waals surface area contributed by atoms with E-state index in [1.165, 1.54) is 0 Å². The number of unbranched alkanes of at least 4 members (excludes halogenated alkanes) is 1. The van der Waals surface area contributed by atoms with Crippen LogP contribution in [0.25, 0.3) is 0 Å². The molecule has 1 rings (SSSR count). The SMILES string of the molecule is O=C(CCn1ccnc1)OCCCCO.